The highest BCUT2D eigenvalue weighted by Crippen LogP contribution is 2.22. The lowest BCUT2D eigenvalue weighted by Gasteiger charge is -2.34. The standard InChI is InChI=1S/C19H23N5O2S/c1-14(2)16-4-6-18(7-5-16)27(25,26)24-10-8-23(9-11-24)19-21-15(3)12-17(13-20)22-19/h4-7,12,14H,8-11H2,1-3H3. The molecular weight excluding hydrogens is 362 g/mol. The fourth-order valence-corrected chi connectivity index (χ4v) is 4.48. The van der Waals surface area contributed by atoms with Crippen molar-refractivity contribution in [3.8, 4) is 6.07 Å². The van der Waals surface area contributed by atoms with E-state index in [0.717, 1.165) is 11.3 Å². The van der Waals surface area contributed by atoms with Crippen LogP contribution in [0.4, 0.5) is 5.95 Å². The third kappa shape index (κ3) is 4.10. The minimum atomic E-state index is -3.52. The van der Waals surface area contributed by atoms with Crippen LogP contribution in [0.2, 0.25) is 0 Å². The number of benzene rings is 1. The van der Waals surface area contributed by atoms with E-state index in [1.807, 2.05) is 30.0 Å². The van der Waals surface area contributed by atoms with Gasteiger partial charge in [-0.05, 0) is 36.6 Å². The van der Waals surface area contributed by atoms with Crippen molar-refractivity contribution < 1.29 is 8.42 Å². The summed E-state index contributed by atoms with van der Waals surface area (Å²) in [5.74, 6) is 0.836. The summed E-state index contributed by atoms with van der Waals surface area (Å²) in [7, 11) is -3.52. The zero-order valence-corrected chi connectivity index (χ0v) is 16.6. The van der Waals surface area contributed by atoms with Crippen LogP contribution < -0.4 is 4.90 Å². The predicted molar refractivity (Wildman–Crippen MR) is 103 cm³/mol. The molecule has 0 spiro atoms. The van der Waals surface area contributed by atoms with Crippen molar-refractivity contribution in [1.29, 1.82) is 5.26 Å². The van der Waals surface area contributed by atoms with Gasteiger partial charge in [0, 0.05) is 31.9 Å². The second-order valence-electron chi connectivity index (χ2n) is 6.92. The molecule has 0 radical (unpaired) electrons. The van der Waals surface area contributed by atoms with Gasteiger partial charge in [0.25, 0.3) is 0 Å². The highest BCUT2D eigenvalue weighted by molar-refractivity contribution is 7.89. The van der Waals surface area contributed by atoms with Gasteiger partial charge in [-0.15, -0.1) is 0 Å². The number of hydrogen-bond acceptors (Lipinski definition) is 6. The second-order valence-corrected chi connectivity index (χ2v) is 8.86. The van der Waals surface area contributed by atoms with E-state index < -0.39 is 10.0 Å². The minimum absolute atomic E-state index is 0.317. The van der Waals surface area contributed by atoms with Gasteiger partial charge in [-0.25, -0.2) is 18.4 Å². The fraction of sp³-hybridized carbons (Fsp3) is 0.421. The van der Waals surface area contributed by atoms with Gasteiger partial charge in [0.05, 0.1) is 4.90 Å². The van der Waals surface area contributed by atoms with Crippen molar-refractivity contribution >= 4 is 16.0 Å². The van der Waals surface area contributed by atoms with E-state index in [0.29, 0.717) is 48.6 Å². The van der Waals surface area contributed by atoms with Crippen LogP contribution in [0, 0.1) is 18.3 Å². The Morgan fingerprint density at radius 1 is 1.07 bits per heavy atom. The van der Waals surface area contributed by atoms with Crippen LogP contribution in [0.1, 0.15) is 36.7 Å². The summed E-state index contributed by atoms with van der Waals surface area (Å²) in [6, 6.07) is 10.8. The highest BCUT2D eigenvalue weighted by Gasteiger charge is 2.29. The first-order valence-corrected chi connectivity index (χ1v) is 10.4. The van der Waals surface area contributed by atoms with Crippen LogP contribution in [0.25, 0.3) is 0 Å². The summed E-state index contributed by atoms with van der Waals surface area (Å²) in [5, 5.41) is 9.07. The number of nitriles is 1. The Morgan fingerprint density at radius 3 is 2.26 bits per heavy atom. The van der Waals surface area contributed by atoms with Gasteiger partial charge >= 0.3 is 0 Å². The molecule has 3 rings (SSSR count). The summed E-state index contributed by atoms with van der Waals surface area (Å²) < 4.78 is 27.3. The number of aryl methyl sites for hydroxylation is 1. The van der Waals surface area contributed by atoms with Crippen molar-refractivity contribution in [2.45, 2.75) is 31.6 Å². The Morgan fingerprint density at radius 2 is 1.70 bits per heavy atom. The molecule has 0 atom stereocenters. The number of piperazine rings is 1. The molecule has 0 amide bonds. The molecular formula is C19H23N5O2S. The summed E-state index contributed by atoms with van der Waals surface area (Å²) in [5.41, 5.74) is 2.15. The molecule has 1 aliphatic rings. The Hall–Kier alpha value is -2.50. The molecule has 0 N–H and O–H groups in total. The van der Waals surface area contributed by atoms with Gasteiger partial charge in [-0.3, -0.25) is 0 Å². The average molecular weight is 385 g/mol. The topological polar surface area (TPSA) is 90.2 Å². The summed E-state index contributed by atoms with van der Waals surface area (Å²) >= 11 is 0. The van der Waals surface area contributed by atoms with Gasteiger partial charge in [-0.2, -0.15) is 9.57 Å². The number of aromatic nitrogens is 2. The Labute approximate surface area is 160 Å². The van der Waals surface area contributed by atoms with Crippen molar-refractivity contribution in [2.24, 2.45) is 0 Å². The molecule has 27 heavy (non-hydrogen) atoms. The van der Waals surface area contributed by atoms with Crippen LogP contribution in [0.5, 0.6) is 0 Å². The smallest absolute Gasteiger partial charge is 0.243 e. The fourth-order valence-electron chi connectivity index (χ4n) is 3.05. The van der Waals surface area contributed by atoms with Gasteiger partial charge in [0.2, 0.25) is 16.0 Å². The van der Waals surface area contributed by atoms with Crippen molar-refractivity contribution in [3.05, 3.63) is 47.3 Å². The molecule has 7 nitrogen and oxygen atoms in total. The van der Waals surface area contributed by atoms with Gasteiger partial charge < -0.3 is 4.90 Å². The highest BCUT2D eigenvalue weighted by atomic mass is 32.2. The molecule has 1 aliphatic heterocycles. The largest absolute Gasteiger partial charge is 0.338 e. The van der Waals surface area contributed by atoms with E-state index >= 15 is 0 Å². The first-order valence-electron chi connectivity index (χ1n) is 8.92. The lowest BCUT2D eigenvalue weighted by Crippen LogP contribution is -2.49. The molecule has 0 saturated carbocycles. The van der Waals surface area contributed by atoms with Crippen molar-refractivity contribution in [2.75, 3.05) is 31.1 Å². The summed E-state index contributed by atoms with van der Waals surface area (Å²) in [6.45, 7) is 7.64. The maximum atomic E-state index is 12.9. The molecule has 1 fully saturated rings. The lowest BCUT2D eigenvalue weighted by atomic mass is 10.0. The molecule has 2 aromatic rings. The van der Waals surface area contributed by atoms with E-state index in [9.17, 15) is 8.42 Å². The average Bonchev–Trinajstić information content (AvgIpc) is 2.67. The first kappa shape index (κ1) is 19.3. The molecule has 142 valence electrons. The van der Waals surface area contributed by atoms with Crippen LogP contribution in [0.3, 0.4) is 0 Å². The van der Waals surface area contributed by atoms with Crippen molar-refractivity contribution in [3.63, 3.8) is 0 Å². The number of rotatable bonds is 4. The van der Waals surface area contributed by atoms with Crippen LogP contribution >= 0.6 is 0 Å². The van der Waals surface area contributed by atoms with Crippen molar-refractivity contribution in [1.82, 2.24) is 14.3 Å². The third-order valence-electron chi connectivity index (χ3n) is 4.66. The number of hydrogen-bond donors (Lipinski definition) is 0. The SMILES string of the molecule is Cc1cc(C#N)nc(N2CCN(S(=O)(=O)c3ccc(C(C)C)cc3)CC2)n1. The predicted octanol–water partition coefficient (Wildman–Crippen LogP) is 2.29. The first-order chi connectivity index (χ1) is 12.8. The van der Waals surface area contributed by atoms with Crippen LogP contribution in [-0.2, 0) is 10.0 Å². The van der Waals surface area contributed by atoms with Crippen LogP contribution in [0.15, 0.2) is 35.2 Å². The number of anilines is 1. The molecule has 2 heterocycles. The molecule has 1 aromatic carbocycles. The van der Waals surface area contributed by atoms with E-state index in [1.165, 1.54) is 4.31 Å². The van der Waals surface area contributed by atoms with Gasteiger partial charge in [0.1, 0.15) is 11.8 Å². The van der Waals surface area contributed by atoms with E-state index in [1.54, 1.807) is 18.2 Å². The molecule has 0 unspecified atom stereocenters. The quantitative estimate of drug-likeness (QED) is 0.802. The van der Waals surface area contributed by atoms with Crippen LogP contribution in [-0.4, -0.2) is 48.9 Å². The monoisotopic (exact) mass is 385 g/mol. The molecule has 1 aromatic heterocycles. The second kappa shape index (κ2) is 7.62. The minimum Gasteiger partial charge on any atom is -0.338 e. The van der Waals surface area contributed by atoms with E-state index in [2.05, 4.69) is 23.8 Å². The number of nitrogens with zero attached hydrogens (tertiary/aromatic N) is 5. The third-order valence-corrected chi connectivity index (χ3v) is 6.58. The Kier molecular flexibility index (Phi) is 5.44. The maximum absolute atomic E-state index is 12.9. The summed E-state index contributed by atoms with van der Waals surface area (Å²) in [6.07, 6.45) is 0. The lowest BCUT2D eigenvalue weighted by molar-refractivity contribution is 0.382. The molecule has 0 bridgehead atoms. The normalized spacial score (nSPS) is 15.7. The molecule has 0 aliphatic carbocycles. The van der Waals surface area contributed by atoms with Gasteiger partial charge in [0.15, 0.2) is 0 Å². The molecule has 8 heteroatoms. The zero-order chi connectivity index (χ0) is 19.6. The Bertz CT molecular complexity index is 957. The van der Waals surface area contributed by atoms with E-state index in [-0.39, 0.29) is 0 Å². The van der Waals surface area contributed by atoms with E-state index in [4.69, 9.17) is 5.26 Å². The van der Waals surface area contributed by atoms with Gasteiger partial charge in [-0.1, -0.05) is 26.0 Å². The zero-order valence-electron chi connectivity index (χ0n) is 15.8. The maximum Gasteiger partial charge on any atom is 0.243 e. The molecule has 1 saturated heterocycles. The summed E-state index contributed by atoms with van der Waals surface area (Å²) in [4.78, 5) is 10.8. The number of sulfonamides is 1. The Balaban J connectivity index is 1.73.